The molecule has 0 aliphatic heterocycles. The highest BCUT2D eigenvalue weighted by Crippen LogP contribution is 2.32. The highest BCUT2D eigenvalue weighted by Gasteiger charge is 2.23. The molecule has 2 aromatic heterocycles. The van der Waals surface area contributed by atoms with Crippen molar-refractivity contribution in [1.82, 2.24) is 9.97 Å². The van der Waals surface area contributed by atoms with Crippen LogP contribution in [-0.4, -0.2) is 27.5 Å². The number of fused-ring (bicyclic) bond motifs is 1. The van der Waals surface area contributed by atoms with E-state index in [0.29, 0.717) is 20.7 Å². The summed E-state index contributed by atoms with van der Waals surface area (Å²) in [5.41, 5.74) is 0.650. The molecule has 0 radical (unpaired) electrons. The third-order valence-electron chi connectivity index (χ3n) is 4.28. The summed E-state index contributed by atoms with van der Waals surface area (Å²) in [5, 5.41) is 11.6. The summed E-state index contributed by atoms with van der Waals surface area (Å²) in [7, 11) is 0. The molecule has 1 N–H and O–H groups in total. The van der Waals surface area contributed by atoms with Gasteiger partial charge in [0.2, 0.25) is 0 Å². The average molecular weight is 417 g/mol. The lowest BCUT2D eigenvalue weighted by Crippen LogP contribution is -2.16. The predicted molar refractivity (Wildman–Crippen MR) is 108 cm³/mol. The molecular formula is C19H19N3O6S. The number of nitrogens with zero attached hydrogens (tertiary/aromatic N) is 2. The number of benzene rings is 1. The number of nitro groups is 1. The van der Waals surface area contributed by atoms with Crippen LogP contribution in [-0.2, 0) is 4.74 Å². The number of aromatic amines is 1. The Balaban J connectivity index is 1.99. The molecule has 29 heavy (non-hydrogen) atoms. The van der Waals surface area contributed by atoms with Crippen LogP contribution in [0.3, 0.4) is 0 Å². The van der Waals surface area contributed by atoms with Gasteiger partial charge in [0.25, 0.3) is 5.56 Å². The van der Waals surface area contributed by atoms with Gasteiger partial charge in [-0.3, -0.25) is 14.9 Å². The minimum Gasteiger partial charge on any atom is -0.476 e. The molecular weight excluding hydrogens is 398 g/mol. The van der Waals surface area contributed by atoms with E-state index in [1.807, 2.05) is 0 Å². The Hall–Kier alpha value is -3.27. The number of aromatic nitrogens is 2. The van der Waals surface area contributed by atoms with E-state index in [0.717, 1.165) is 16.9 Å². The molecule has 9 nitrogen and oxygen atoms in total. The SMILES string of the molecule is CCOC(=O)c1sc2nc([C@@H](C)Oc3ccc(C)cc3[N+](=O)[O-])[nH]c(=O)c2c1C. The Kier molecular flexibility index (Phi) is 5.64. The van der Waals surface area contributed by atoms with E-state index in [1.54, 1.807) is 33.8 Å². The quantitative estimate of drug-likeness (QED) is 0.367. The maximum absolute atomic E-state index is 12.6. The predicted octanol–water partition coefficient (Wildman–Crippen LogP) is 3.83. The van der Waals surface area contributed by atoms with Crippen molar-refractivity contribution in [1.29, 1.82) is 0 Å². The molecule has 152 valence electrons. The first-order chi connectivity index (χ1) is 13.7. The van der Waals surface area contributed by atoms with Crippen LogP contribution in [0.1, 0.15) is 46.6 Å². The van der Waals surface area contributed by atoms with E-state index >= 15 is 0 Å². The van der Waals surface area contributed by atoms with Gasteiger partial charge in [-0.2, -0.15) is 0 Å². The number of carbonyl (C=O) groups is 1. The van der Waals surface area contributed by atoms with Gasteiger partial charge >= 0.3 is 11.7 Å². The van der Waals surface area contributed by atoms with Gasteiger partial charge in [0, 0.05) is 6.07 Å². The molecule has 1 aromatic carbocycles. The summed E-state index contributed by atoms with van der Waals surface area (Å²) < 4.78 is 10.7. The lowest BCUT2D eigenvalue weighted by atomic mass is 10.2. The Morgan fingerprint density at radius 3 is 2.76 bits per heavy atom. The monoisotopic (exact) mass is 417 g/mol. The molecule has 0 saturated carbocycles. The highest BCUT2D eigenvalue weighted by atomic mass is 32.1. The number of nitrogens with one attached hydrogen (secondary N) is 1. The number of carbonyl (C=O) groups excluding carboxylic acids is 1. The van der Waals surface area contributed by atoms with Crippen molar-refractivity contribution in [3.05, 3.63) is 60.5 Å². The minimum absolute atomic E-state index is 0.0745. The van der Waals surface area contributed by atoms with Gasteiger partial charge < -0.3 is 14.5 Å². The zero-order valence-electron chi connectivity index (χ0n) is 16.3. The lowest BCUT2D eigenvalue weighted by molar-refractivity contribution is -0.386. The summed E-state index contributed by atoms with van der Waals surface area (Å²) in [6, 6.07) is 4.62. The number of nitro benzene ring substituents is 1. The molecule has 0 fully saturated rings. The van der Waals surface area contributed by atoms with Gasteiger partial charge in [-0.15, -0.1) is 11.3 Å². The molecule has 2 heterocycles. The second-order valence-electron chi connectivity index (χ2n) is 6.40. The maximum atomic E-state index is 12.6. The van der Waals surface area contributed by atoms with Crippen molar-refractivity contribution in [2.75, 3.05) is 6.61 Å². The van der Waals surface area contributed by atoms with Gasteiger partial charge in [-0.1, -0.05) is 6.07 Å². The minimum atomic E-state index is -0.762. The standard InChI is InChI=1S/C19H19N3O6S/c1-5-27-19(24)15-10(3)14-17(23)20-16(21-18(14)29-15)11(4)28-13-7-6-9(2)8-12(13)22(25)26/h6-8,11H,5H2,1-4H3,(H,20,21,23)/t11-/m1/s1. The summed E-state index contributed by atoms with van der Waals surface area (Å²) in [6.45, 7) is 6.96. The maximum Gasteiger partial charge on any atom is 0.348 e. The van der Waals surface area contributed by atoms with Crippen LogP contribution in [0.2, 0.25) is 0 Å². The number of thiophene rings is 1. The van der Waals surface area contributed by atoms with E-state index in [4.69, 9.17) is 9.47 Å². The van der Waals surface area contributed by atoms with Crippen molar-refractivity contribution < 1.29 is 19.2 Å². The molecule has 1 atom stereocenters. The first-order valence-corrected chi connectivity index (χ1v) is 9.66. The van der Waals surface area contributed by atoms with E-state index in [2.05, 4.69) is 9.97 Å². The van der Waals surface area contributed by atoms with Crippen LogP contribution >= 0.6 is 11.3 Å². The molecule has 0 aliphatic rings. The van der Waals surface area contributed by atoms with Gasteiger partial charge in [-0.05, 0) is 44.9 Å². The molecule has 10 heteroatoms. The van der Waals surface area contributed by atoms with Crippen LogP contribution in [0.15, 0.2) is 23.0 Å². The van der Waals surface area contributed by atoms with Crippen molar-refractivity contribution in [2.45, 2.75) is 33.8 Å². The summed E-state index contributed by atoms with van der Waals surface area (Å²) in [4.78, 5) is 43.2. The largest absolute Gasteiger partial charge is 0.476 e. The Bertz CT molecular complexity index is 1170. The molecule has 3 aromatic rings. The van der Waals surface area contributed by atoms with Crippen molar-refractivity contribution >= 4 is 33.2 Å². The molecule has 0 aliphatic carbocycles. The highest BCUT2D eigenvalue weighted by molar-refractivity contribution is 7.20. The third kappa shape index (κ3) is 3.97. The number of rotatable bonds is 6. The number of H-pyrrole nitrogens is 1. The van der Waals surface area contributed by atoms with Gasteiger partial charge in [0.05, 0.1) is 16.9 Å². The average Bonchev–Trinajstić information content (AvgIpc) is 3.00. The Morgan fingerprint density at radius 1 is 1.38 bits per heavy atom. The van der Waals surface area contributed by atoms with Crippen molar-refractivity contribution in [3.8, 4) is 5.75 Å². The molecule has 0 unspecified atom stereocenters. The molecule has 0 amide bonds. The van der Waals surface area contributed by atoms with Crippen molar-refractivity contribution in [3.63, 3.8) is 0 Å². The van der Waals surface area contributed by atoms with Crippen LogP contribution in [0.5, 0.6) is 5.75 Å². The second kappa shape index (κ2) is 8.00. The summed E-state index contributed by atoms with van der Waals surface area (Å²) in [6.07, 6.45) is -0.762. The summed E-state index contributed by atoms with van der Waals surface area (Å²) >= 11 is 1.06. The zero-order valence-corrected chi connectivity index (χ0v) is 17.1. The molecule has 3 rings (SSSR count). The van der Waals surface area contributed by atoms with Gasteiger partial charge in [-0.25, -0.2) is 9.78 Å². The first-order valence-electron chi connectivity index (χ1n) is 8.85. The zero-order chi connectivity index (χ0) is 21.3. The van der Waals surface area contributed by atoms with Crippen LogP contribution < -0.4 is 10.3 Å². The normalized spacial score (nSPS) is 12.0. The van der Waals surface area contributed by atoms with E-state index in [9.17, 15) is 19.7 Å². The smallest absolute Gasteiger partial charge is 0.348 e. The molecule has 0 saturated heterocycles. The topological polar surface area (TPSA) is 124 Å². The van der Waals surface area contributed by atoms with Crippen LogP contribution in [0.4, 0.5) is 5.69 Å². The van der Waals surface area contributed by atoms with Crippen LogP contribution in [0.25, 0.3) is 10.2 Å². The summed E-state index contributed by atoms with van der Waals surface area (Å²) in [5.74, 6) is -0.229. The first kappa shape index (κ1) is 20.5. The fourth-order valence-corrected chi connectivity index (χ4v) is 3.94. The number of aryl methyl sites for hydroxylation is 2. The van der Waals surface area contributed by atoms with E-state index in [-0.39, 0.29) is 23.9 Å². The van der Waals surface area contributed by atoms with E-state index in [1.165, 1.54) is 12.1 Å². The van der Waals surface area contributed by atoms with Gasteiger partial charge in [0.15, 0.2) is 17.7 Å². The fraction of sp³-hybridized carbons (Fsp3) is 0.316. The van der Waals surface area contributed by atoms with E-state index < -0.39 is 22.6 Å². The number of hydrogen-bond acceptors (Lipinski definition) is 8. The second-order valence-corrected chi connectivity index (χ2v) is 7.40. The fourth-order valence-electron chi connectivity index (χ4n) is 2.86. The molecule has 0 bridgehead atoms. The number of ether oxygens (including phenoxy) is 2. The van der Waals surface area contributed by atoms with Crippen LogP contribution in [0, 0.1) is 24.0 Å². The molecule has 0 spiro atoms. The lowest BCUT2D eigenvalue weighted by Gasteiger charge is -2.14. The van der Waals surface area contributed by atoms with Gasteiger partial charge in [0.1, 0.15) is 9.71 Å². The Morgan fingerprint density at radius 2 is 2.10 bits per heavy atom. The number of hydrogen-bond donors (Lipinski definition) is 1. The third-order valence-corrected chi connectivity index (χ3v) is 5.45. The number of esters is 1. The van der Waals surface area contributed by atoms with Crippen molar-refractivity contribution in [2.24, 2.45) is 0 Å². The Labute approximate surface area is 169 Å².